The van der Waals surface area contributed by atoms with Crippen molar-refractivity contribution in [2.75, 3.05) is 18.8 Å². The molecule has 146 valence electrons. The molecular formula is C22H24NO3PS. The topological polar surface area (TPSA) is 49.8 Å². The van der Waals surface area contributed by atoms with Gasteiger partial charge in [0.15, 0.2) is 8.30 Å². The van der Waals surface area contributed by atoms with Gasteiger partial charge in [-0.15, -0.1) is 11.3 Å². The molecule has 4 nitrogen and oxygen atoms in total. The molecule has 0 saturated carbocycles. The van der Waals surface area contributed by atoms with E-state index in [0.717, 1.165) is 21.3 Å². The second-order valence-corrected chi connectivity index (χ2v) is 9.81. The third-order valence-electron chi connectivity index (χ3n) is 4.60. The molecule has 1 N–H and O–H groups in total. The quantitative estimate of drug-likeness (QED) is 0.522. The largest absolute Gasteiger partial charge is 0.477 e. The van der Waals surface area contributed by atoms with Gasteiger partial charge in [-0.1, -0.05) is 47.5 Å². The maximum atomic E-state index is 11.9. The van der Waals surface area contributed by atoms with Gasteiger partial charge in [-0.25, -0.2) is 4.79 Å². The molecule has 1 aromatic heterocycles. The highest BCUT2D eigenvalue weighted by Gasteiger charge is 2.26. The molecule has 0 aliphatic carbocycles. The van der Waals surface area contributed by atoms with E-state index in [4.69, 9.17) is 4.52 Å². The smallest absolute Gasteiger partial charge is 0.348 e. The molecule has 2 aromatic carbocycles. The second-order valence-electron chi connectivity index (χ2n) is 6.77. The minimum absolute atomic E-state index is 0.326. The predicted octanol–water partition coefficient (Wildman–Crippen LogP) is 5.76. The lowest BCUT2D eigenvalue weighted by molar-refractivity contribution is 0.0703. The maximum Gasteiger partial charge on any atom is 0.348 e. The van der Waals surface area contributed by atoms with Gasteiger partial charge in [0.05, 0.1) is 5.69 Å². The second kappa shape index (κ2) is 8.44. The van der Waals surface area contributed by atoms with Crippen LogP contribution in [0.1, 0.15) is 26.4 Å². The van der Waals surface area contributed by atoms with Crippen molar-refractivity contribution in [1.82, 2.24) is 0 Å². The lowest BCUT2D eigenvalue weighted by atomic mass is 10.1. The van der Waals surface area contributed by atoms with E-state index in [1.54, 1.807) is 7.11 Å². The summed E-state index contributed by atoms with van der Waals surface area (Å²) in [5, 5.41) is 10.9. The number of aromatic carboxylic acids is 1. The summed E-state index contributed by atoms with van der Waals surface area (Å²) in [5.74, 6) is -0.920. The van der Waals surface area contributed by atoms with E-state index in [1.807, 2.05) is 49.0 Å². The highest BCUT2D eigenvalue weighted by Crippen LogP contribution is 2.47. The summed E-state index contributed by atoms with van der Waals surface area (Å²) in [6, 6.07) is 16.3. The number of benzene rings is 2. The minimum atomic E-state index is -1.15. The molecule has 6 heteroatoms. The molecule has 0 amide bonds. The van der Waals surface area contributed by atoms with Crippen LogP contribution in [0.15, 0.2) is 48.5 Å². The first-order chi connectivity index (χ1) is 13.3. The summed E-state index contributed by atoms with van der Waals surface area (Å²) in [6.07, 6.45) is 0. The number of aryl methyl sites for hydroxylation is 3. The Hall–Kier alpha value is -2.20. The van der Waals surface area contributed by atoms with Crippen LogP contribution in [-0.2, 0) is 4.52 Å². The van der Waals surface area contributed by atoms with Crippen molar-refractivity contribution in [3.63, 3.8) is 0 Å². The Morgan fingerprint density at radius 2 is 1.68 bits per heavy atom. The van der Waals surface area contributed by atoms with Gasteiger partial charge in [-0.3, -0.25) is 0 Å². The van der Waals surface area contributed by atoms with Crippen molar-refractivity contribution in [1.29, 1.82) is 0 Å². The first kappa shape index (κ1) is 20.5. The van der Waals surface area contributed by atoms with Crippen LogP contribution in [0.3, 0.4) is 0 Å². The van der Waals surface area contributed by atoms with Crippen molar-refractivity contribution in [3.8, 4) is 10.4 Å². The highest BCUT2D eigenvalue weighted by molar-refractivity contribution is 7.62. The summed E-state index contributed by atoms with van der Waals surface area (Å²) in [7, 11) is 2.43. The molecule has 0 spiro atoms. The molecule has 0 fully saturated rings. The van der Waals surface area contributed by atoms with Gasteiger partial charge in [0.25, 0.3) is 0 Å². The zero-order valence-corrected chi connectivity index (χ0v) is 18.4. The van der Waals surface area contributed by atoms with Crippen LogP contribution in [0.25, 0.3) is 10.4 Å². The van der Waals surface area contributed by atoms with E-state index in [2.05, 4.69) is 32.0 Å². The molecule has 28 heavy (non-hydrogen) atoms. The fourth-order valence-electron chi connectivity index (χ4n) is 3.14. The molecule has 0 bridgehead atoms. The van der Waals surface area contributed by atoms with Crippen LogP contribution < -0.4 is 9.97 Å². The molecule has 0 aliphatic rings. The number of hydrogen-bond donors (Lipinski definition) is 1. The molecule has 3 aromatic rings. The number of hydrogen-bond acceptors (Lipinski definition) is 4. The lowest BCUT2D eigenvalue weighted by Crippen LogP contribution is -2.21. The van der Waals surface area contributed by atoms with E-state index in [1.165, 1.54) is 22.5 Å². The van der Waals surface area contributed by atoms with Gasteiger partial charge in [-0.05, 0) is 44.0 Å². The zero-order chi connectivity index (χ0) is 20.4. The molecule has 0 radical (unpaired) electrons. The van der Waals surface area contributed by atoms with Gasteiger partial charge in [-0.2, -0.15) is 0 Å². The monoisotopic (exact) mass is 413 g/mol. The maximum absolute atomic E-state index is 11.9. The van der Waals surface area contributed by atoms with Crippen LogP contribution in [0.2, 0.25) is 0 Å². The zero-order valence-electron chi connectivity index (χ0n) is 16.7. The van der Waals surface area contributed by atoms with Crippen LogP contribution in [0, 0.1) is 20.8 Å². The molecule has 1 heterocycles. The van der Waals surface area contributed by atoms with Crippen LogP contribution in [0.5, 0.6) is 0 Å². The van der Waals surface area contributed by atoms with Gasteiger partial charge in [0.2, 0.25) is 0 Å². The summed E-state index contributed by atoms with van der Waals surface area (Å²) in [5.41, 5.74) is 5.21. The van der Waals surface area contributed by atoms with Crippen LogP contribution >= 0.6 is 19.6 Å². The van der Waals surface area contributed by atoms with E-state index in [0.29, 0.717) is 10.6 Å². The van der Waals surface area contributed by atoms with Gasteiger partial charge in [0.1, 0.15) is 4.88 Å². The Morgan fingerprint density at radius 3 is 2.25 bits per heavy atom. The van der Waals surface area contributed by atoms with Gasteiger partial charge < -0.3 is 14.3 Å². The summed E-state index contributed by atoms with van der Waals surface area (Å²) in [4.78, 5) is 13.2. The van der Waals surface area contributed by atoms with E-state index in [-0.39, 0.29) is 0 Å². The molecule has 1 unspecified atom stereocenters. The van der Waals surface area contributed by atoms with E-state index < -0.39 is 14.3 Å². The fourth-order valence-corrected chi connectivity index (χ4v) is 5.92. The summed E-state index contributed by atoms with van der Waals surface area (Å²) < 4.78 is 7.80. The first-order valence-electron chi connectivity index (χ1n) is 8.91. The lowest BCUT2D eigenvalue weighted by Gasteiger charge is -2.29. The van der Waals surface area contributed by atoms with Gasteiger partial charge >= 0.3 is 5.97 Å². The Kier molecular flexibility index (Phi) is 6.19. The number of carboxylic acids is 1. The normalized spacial score (nSPS) is 12.0. The number of nitrogens with zero attached hydrogens (tertiary/aromatic N) is 1. The number of carboxylic acid groups (broad SMARTS) is 1. The Labute approximate surface area is 171 Å². The van der Waals surface area contributed by atoms with Crippen molar-refractivity contribution in [3.05, 3.63) is 70.1 Å². The Bertz CT molecular complexity index is 998. The Balaban J connectivity index is 2.05. The number of rotatable bonds is 6. The fraction of sp³-hybridized carbons (Fsp3) is 0.227. The number of thiophene rings is 1. The molecule has 0 aliphatic heterocycles. The summed E-state index contributed by atoms with van der Waals surface area (Å²) >= 11 is 1.30. The van der Waals surface area contributed by atoms with Crippen LogP contribution in [-0.4, -0.2) is 25.2 Å². The highest BCUT2D eigenvalue weighted by atomic mass is 32.1. The van der Waals surface area contributed by atoms with Gasteiger partial charge in [0, 0.05) is 24.3 Å². The molecule has 0 saturated heterocycles. The standard InChI is InChI=1S/C22H24NO3PS/c1-14-6-9-17(10-7-14)20-13-18(21(28-20)22(24)25)23(4)27(26-5)19-11-8-15(2)12-16(19)3/h6-13H,1-5H3,(H,24,25). The average molecular weight is 413 g/mol. The van der Waals surface area contributed by atoms with Crippen LogP contribution in [0.4, 0.5) is 5.69 Å². The predicted molar refractivity (Wildman–Crippen MR) is 119 cm³/mol. The van der Waals surface area contributed by atoms with Crippen molar-refractivity contribution >= 4 is 36.6 Å². The number of carbonyl (C=O) groups is 1. The van der Waals surface area contributed by atoms with E-state index >= 15 is 0 Å². The first-order valence-corrected chi connectivity index (χ1v) is 10.9. The van der Waals surface area contributed by atoms with Crippen molar-refractivity contribution < 1.29 is 14.4 Å². The Morgan fingerprint density at radius 1 is 1.04 bits per heavy atom. The van der Waals surface area contributed by atoms with Crippen molar-refractivity contribution in [2.45, 2.75) is 20.8 Å². The summed E-state index contributed by atoms with van der Waals surface area (Å²) in [6.45, 7) is 6.16. The molecule has 3 rings (SSSR count). The third-order valence-corrected chi connectivity index (χ3v) is 7.78. The third kappa shape index (κ3) is 4.12. The minimum Gasteiger partial charge on any atom is -0.477 e. The number of anilines is 1. The average Bonchev–Trinajstić information content (AvgIpc) is 3.10. The SMILES string of the molecule is COP(c1ccc(C)cc1C)N(C)c1cc(-c2ccc(C)cc2)sc1C(=O)O. The van der Waals surface area contributed by atoms with E-state index in [9.17, 15) is 9.90 Å². The molecular weight excluding hydrogens is 389 g/mol. The molecule has 1 atom stereocenters. The van der Waals surface area contributed by atoms with Crippen molar-refractivity contribution in [2.24, 2.45) is 0 Å².